The Kier molecular flexibility index (Phi) is 5.87. The SMILES string of the molecule is CC(C)CN(CC(C)C)C(=O)c1ccc(-c2ccc3c(c2)OCCO3)s1. The molecule has 0 atom stereocenters. The molecular formula is C21H27NO3S. The van der Waals surface area contributed by atoms with Gasteiger partial charge in [-0.2, -0.15) is 0 Å². The van der Waals surface area contributed by atoms with Crippen LogP contribution >= 0.6 is 11.3 Å². The summed E-state index contributed by atoms with van der Waals surface area (Å²) in [6, 6.07) is 9.91. The highest BCUT2D eigenvalue weighted by Gasteiger charge is 2.20. The van der Waals surface area contributed by atoms with Crippen LogP contribution in [0.15, 0.2) is 30.3 Å². The number of benzene rings is 1. The van der Waals surface area contributed by atoms with Crippen LogP contribution in [0.1, 0.15) is 37.4 Å². The number of hydrogen-bond donors (Lipinski definition) is 0. The first-order valence-corrected chi connectivity index (χ1v) is 10.0. The van der Waals surface area contributed by atoms with Gasteiger partial charge in [0.1, 0.15) is 13.2 Å². The predicted octanol–water partition coefficient (Wildman–Crippen LogP) is 4.94. The molecule has 2 heterocycles. The molecule has 0 radical (unpaired) electrons. The Morgan fingerprint density at radius 3 is 2.31 bits per heavy atom. The molecule has 0 aliphatic carbocycles. The van der Waals surface area contributed by atoms with Crippen molar-refractivity contribution in [3.05, 3.63) is 35.2 Å². The zero-order valence-electron chi connectivity index (χ0n) is 16.0. The maximum Gasteiger partial charge on any atom is 0.263 e. The number of thiophene rings is 1. The van der Waals surface area contributed by atoms with E-state index in [0.29, 0.717) is 25.0 Å². The standard InChI is InChI=1S/C21H27NO3S/c1-14(2)12-22(13-15(3)4)21(23)20-8-7-19(26-20)16-5-6-17-18(11-16)25-10-9-24-17/h5-8,11,14-15H,9-10,12-13H2,1-4H3. The van der Waals surface area contributed by atoms with E-state index in [9.17, 15) is 4.79 Å². The van der Waals surface area contributed by atoms with Gasteiger partial charge in [0.05, 0.1) is 4.88 Å². The molecule has 3 rings (SSSR count). The summed E-state index contributed by atoms with van der Waals surface area (Å²) in [6.07, 6.45) is 0. The number of carbonyl (C=O) groups excluding carboxylic acids is 1. The van der Waals surface area contributed by atoms with E-state index in [4.69, 9.17) is 9.47 Å². The first kappa shape index (κ1) is 18.8. The van der Waals surface area contributed by atoms with Gasteiger partial charge in [-0.1, -0.05) is 27.7 Å². The van der Waals surface area contributed by atoms with Gasteiger partial charge in [-0.3, -0.25) is 4.79 Å². The predicted molar refractivity (Wildman–Crippen MR) is 106 cm³/mol. The van der Waals surface area contributed by atoms with E-state index in [2.05, 4.69) is 27.7 Å². The third kappa shape index (κ3) is 4.39. The molecule has 0 saturated heterocycles. The van der Waals surface area contributed by atoms with Gasteiger partial charge in [0.2, 0.25) is 0 Å². The molecule has 0 bridgehead atoms. The Morgan fingerprint density at radius 2 is 1.65 bits per heavy atom. The van der Waals surface area contributed by atoms with E-state index in [-0.39, 0.29) is 5.91 Å². The summed E-state index contributed by atoms with van der Waals surface area (Å²) in [4.78, 5) is 16.8. The minimum Gasteiger partial charge on any atom is -0.486 e. The van der Waals surface area contributed by atoms with Gasteiger partial charge in [-0.05, 0) is 47.7 Å². The van der Waals surface area contributed by atoms with Crippen LogP contribution in [0.4, 0.5) is 0 Å². The van der Waals surface area contributed by atoms with Crippen molar-refractivity contribution in [1.29, 1.82) is 0 Å². The molecule has 1 amide bonds. The van der Waals surface area contributed by atoms with Gasteiger partial charge in [0, 0.05) is 18.0 Å². The van der Waals surface area contributed by atoms with Crippen molar-refractivity contribution >= 4 is 17.2 Å². The largest absolute Gasteiger partial charge is 0.486 e. The summed E-state index contributed by atoms with van der Waals surface area (Å²) >= 11 is 1.54. The molecule has 1 aromatic heterocycles. The lowest BCUT2D eigenvalue weighted by atomic mass is 10.1. The van der Waals surface area contributed by atoms with Gasteiger partial charge >= 0.3 is 0 Å². The van der Waals surface area contributed by atoms with Crippen LogP contribution in [-0.2, 0) is 0 Å². The maximum absolute atomic E-state index is 13.0. The first-order chi connectivity index (χ1) is 12.4. The van der Waals surface area contributed by atoms with Crippen LogP contribution in [0.2, 0.25) is 0 Å². The molecule has 2 aromatic rings. The number of fused-ring (bicyclic) bond motifs is 1. The van der Waals surface area contributed by atoms with Gasteiger partial charge in [0.25, 0.3) is 5.91 Å². The van der Waals surface area contributed by atoms with Crippen molar-refractivity contribution in [1.82, 2.24) is 4.90 Å². The number of amides is 1. The molecule has 0 fully saturated rings. The van der Waals surface area contributed by atoms with Gasteiger partial charge in [-0.25, -0.2) is 0 Å². The lowest BCUT2D eigenvalue weighted by molar-refractivity contribution is 0.0720. The highest BCUT2D eigenvalue weighted by molar-refractivity contribution is 7.17. The van der Waals surface area contributed by atoms with Crippen LogP contribution in [0.3, 0.4) is 0 Å². The fourth-order valence-corrected chi connectivity index (χ4v) is 4.05. The minimum absolute atomic E-state index is 0.126. The van der Waals surface area contributed by atoms with Gasteiger partial charge < -0.3 is 14.4 Å². The lowest BCUT2D eigenvalue weighted by Gasteiger charge is -2.25. The molecule has 0 unspecified atom stereocenters. The Hall–Kier alpha value is -2.01. The van der Waals surface area contributed by atoms with Crippen LogP contribution in [0.25, 0.3) is 10.4 Å². The van der Waals surface area contributed by atoms with Crippen LogP contribution < -0.4 is 9.47 Å². The first-order valence-electron chi connectivity index (χ1n) is 9.23. The van der Waals surface area contributed by atoms with Crippen LogP contribution in [-0.4, -0.2) is 37.1 Å². The molecule has 0 saturated carbocycles. The Balaban J connectivity index is 1.80. The number of ether oxygens (including phenoxy) is 2. The summed E-state index contributed by atoms with van der Waals surface area (Å²) in [6.45, 7) is 11.3. The summed E-state index contributed by atoms with van der Waals surface area (Å²) in [5.41, 5.74) is 1.05. The van der Waals surface area contributed by atoms with Crippen LogP contribution in [0, 0.1) is 11.8 Å². The summed E-state index contributed by atoms with van der Waals surface area (Å²) in [5, 5.41) is 0. The fraction of sp³-hybridized carbons (Fsp3) is 0.476. The van der Waals surface area contributed by atoms with Crippen molar-refractivity contribution in [2.75, 3.05) is 26.3 Å². The second kappa shape index (κ2) is 8.12. The van der Waals surface area contributed by atoms with E-state index in [1.54, 1.807) is 0 Å². The van der Waals surface area contributed by atoms with Crippen molar-refractivity contribution < 1.29 is 14.3 Å². The average Bonchev–Trinajstić information content (AvgIpc) is 3.09. The van der Waals surface area contributed by atoms with Crippen molar-refractivity contribution in [2.45, 2.75) is 27.7 Å². The molecule has 1 aliphatic heterocycles. The monoisotopic (exact) mass is 373 g/mol. The molecule has 140 valence electrons. The fourth-order valence-electron chi connectivity index (χ4n) is 3.08. The minimum atomic E-state index is 0.126. The van der Waals surface area contributed by atoms with Crippen LogP contribution in [0.5, 0.6) is 11.5 Å². The average molecular weight is 374 g/mol. The molecule has 0 spiro atoms. The number of carbonyl (C=O) groups is 1. The molecule has 4 nitrogen and oxygen atoms in total. The number of hydrogen-bond acceptors (Lipinski definition) is 4. The van der Waals surface area contributed by atoms with E-state index in [0.717, 1.165) is 39.9 Å². The van der Waals surface area contributed by atoms with Gasteiger partial charge in [-0.15, -0.1) is 11.3 Å². The third-order valence-electron chi connectivity index (χ3n) is 4.10. The van der Waals surface area contributed by atoms with Crippen molar-refractivity contribution in [2.24, 2.45) is 11.8 Å². The second-order valence-corrected chi connectivity index (χ2v) is 8.60. The second-order valence-electron chi connectivity index (χ2n) is 7.52. The Bertz CT molecular complexity index is 756. The topological polar surface area (TPSA) is 38.8 Å². The third-order valence-corrected chi connectivity index (χ3v) is 5.22. The van der Waals surface area contributed by atoms with Crippen molar-refractivity contribution in [3.8, 4) is 21.9 Å². The number of nitrogens with zero attached hydrogens (tertiary/aromatic N) is 1. The molecule has 5 heteroatoms. The van der Waals surface area contributed by atoms with E-state index >= 15 is 0 Å². The van der Waals surface area contributed by atoms with Gasteiger partial charge in [0.15, 0.2) is 11.5 Å². The van der Waals surface area contributed by atoms with E-state index < -0.39 is 0 Å². The van der Waals surface area contributed by atoms with E-state index in [1.807, 2.05) is 35.2 Å². The highest BCUT2D eigenvalue weighted by atomic mass is 32.1. The summed E-state index contributed by atoms with van der Waals surface area (Å²) < 4.78 is 11.3. The van der Waals surface area contributed by atoms with Crippen molar-refractivity contribution in [3.63, 3.8) is 0 Å². The lowest BCUT2D eigenvalue weighted by Crippen LogP contribution is -2.36. The normalized spacial score (nSPS) is 13.3. The molecule has 1 aliphatic rings. The Labute approximate surface area is 159 Å². The zero-order chi connectivity index (χ0) is 18.7. The molecule has 26 heavy (non-hydrogen) atoms. The quantitative estimate of drug-likeness (QED) is 0.720. The molecule has 0 N–H and O–H groups in total. The maximum atomic E-state index is 13.0. The molecule has 1 aromatic carbocycles. The highest BCUT2D eigenvalue weighted by Crippen LogP contribution is 2.37. The molecular weight excluding hydrogens is 346 g/mol. The smallest absolute Gasteiger partial charge is 0.263 e. The number of rotatable bonds is 6. The zero-order valence-corrected chi connectivity index (χ0v) is 16.8. The van der Waals surface area contributed by atoms with E-state index in [1.165, 1.54) is 11.3 Å². The summed E-state index contributed by atoms with van der Waals surface area (Å²) in [5.74, 6) is 2.59. The Morgan fingerprint density at radius 1 is 1.00 bits per heavy atom. The summed E-state index contributed by atoms with van der Waals surface area (Å²) in [7, 11) is 0.